The van der Waals surface area contributed by atoms with Gasteiger partial charge < -0.3 is 15.2 Å². The van der Waals surface area contributed by atoms with E-state index < -0.39 is 7.12 Å². The van der Waals surface area contributed by atoms with Crippen LogP contribution in [0, 0.1) is 0 Å². The number of nitrogens with zero attached hydrogens (tertiary/aromatic N) is 1. The summed E-state index contributed by atoms with van der Waals surface area (Å²) in [7, 11) is -1.57. The molecule has 0 aliphatic rings. The Morgan fingerprint density at radius 3 is 2.40 bits per heavy atom. The zero-order valence-corrected chi connectivity index (χ0v) is 5.10. The molecule has 0 saturated heterocycles. The Balaban J connectivity index is 2.89. The Labute approximate surface area is 57.9 Å². The van der Waals surface area contributed by atoms with Gasteiger partial charge in [-0.25, -0.2) is 0 Å². The summed E-state index contributed by atoms with van der Waals surface area (Å²) >= 11 is 0. The average molecular weight is 139 g/mol. The third-order valence-electron chi connectivity index (χ3n) is 1.04. The van der Waals surface area contributed by atoms with E-state index in [-0.39, 0.29) is 11.3 Å². The predicted molar refractivity (Wildman–Crippen MR) is 35.7 cm³/mol. The zero-order chi connectivity index (χ0) is 7.56. The minimum atomic E-state index is -1.57. The average Bonchev–Trinajstić information content (AvgIpc) is 1.88. The summed E-state index contributed by atoms with van der Waals surface area (Å²) in [5.41, 5.74) is 0.123. The highest BCUT2D eigenvalue weighted by Gasteiger charge is 2.11. The van der Waals surface area contributed by atoms with Crippen molar-refractivity contribution < 1.29 is 15.2 Å². The van der Waals surface area contributed by atoms with Crippen LogP contribution < -0.4 is 5.59 Å². The first-order chi connectivity index (χ1) is 4.70. The van der Waals surface area contributed by atoms with Crippen LogP contribution in [0.3, 0.4) is 0 Å². The topological polar surface area (TPSA) is 73.6 Å². The van der Waals surface area contributed by atoms with Gasteiger partial charge in [0.2, 0.25) is 0 Å². The summed E-state index contributed by atoms with van der Waals surface area (Å²) < 4.78 is 0. The molecule has 0 bridgehead atoms. The van der Waals surface area contributed by atoms with Gasteiger partial charge >= 0.3 is 7.12 Å². The van der Waals surface area contributed by atoms with E-state index in [9.17, 15) is 0 Å². The third kappa shape index (κ3) is 1.46. The molecule has 5 heteroatoms. The van der Waals surface area contributed by atoms with Gasteiger partial charge in [-0.15, -0.1) is 0 Å². The highest BCUT2D eigenvalue weighted by molar-refractivity contribution is 6.57. The number of aromatic nitrogens is 1. The van der Waals surface area contributed by atoms with E-state index in [2.05, 4.69) is 4.98 Å². The molecule has 0 atom stereocenters. The van der Waals surface area contributed by atoms with Crippen molar-refractivity contribution in [3.63, 3.8) is 0 Å². The molecule has 1 aromatic rings. The second-order valence-corrected chi connectivity index (χ2v) is 1.81. The SMILES string of the molecule is OB(O)c1ccc(O)cn1. The van der Waals surface area contributed by atoms with E-state index in [0.29, 0.717) is 0 Å². The molecule has 0 aliphatic heterocycles. The van der Waals surface area contributed by atoms with Gasteiger partial charge in [-0.05, 0) is 12.1 Å². The molecule has 1 aromatic heterocycles. The number of rotatable bonds is 1. The first kappa shape index (κ1) is 7.05. The molecule has 4 nitrogen and oxygen atoms in total. The van der Waals surface area contributed by atoms with Gasteiger partial charge in [0.25, 0.3) is 0 Å². The number of hydrogen-bond donors (Lipinski definition) is 3. The van der Waals surface area contributed by atoms with Crippen LogP contribution in [0.15, 0.2) is 18.3 Å². The van der Waals surface area contributed by atoms with Crippen LogP contribution >= 0.6 is 0 Å². The van der Waals surface area contributed by atoms with E-state index in [1.165, 1.54) is 12.1 Å². The lowest BCUT2D eigenvalue weighted by molar-refractivity contribution is 0.424. The summed E-state index contributed by atoms with van der Waals surface area (Å²) in [6, 6.07) is 2.67. The summed E-state index contributed by atoms with van der Waals surface area (Å²) in [6.45, 7) is 0. The van der Waals surface area contributed by atoms with Gasteiger partial charge in [-0.2, -0.15) is 0 Å². The second-order valence-electron chi connectivity index (χ2n) is 1.81. The monoisotopic (exact) mass is 139 g/mol. The highest BCUT2D eigenvalue weighted by atomic mass is 16.4. The fourth-order valence-corrected chi connectivity index (χ4v) is 0.550. The molecule has 1 heterocycles. The lowest BCUT2D eigenvalue weighted by atomic mass is 9.86. The van der Waals surface area contributed by atoms with E-state index in [0.717, 1.165) is 6.20 Å². The number of hydrogen-bond acceptors (Lipinski definition) is 4. The molecular weight excluding hydrogens is 133 g/mol. The molecule has 0 aliphatic carbocycles. The Hall–Kier alpha value is -1.07. The fraction of sp³-hybridized carbons (Fsp3) is 0. The maximum atomic E-state index is 8.71. The summed E-state index contributed by atoms with van der Waals surface area (Å²) in [4.78, 5) is 3.53. The summed E-state index contributed by atoms with van der Waals surface area (Å²) in [5, 5.41) is 25.8. The number of aromatic hydroxyl groups is 1. The van der Waals surface area contributed by atoms with E-state index in [1.54, 1.807) is 0 Å². The van der Waals surface area contributed by atoms with Gasteiger partial charge in [0.05, 0.1) is 11.8 Å². The first-order valence-corrected chi connectivity index (χ1v) is 2.71. The van der Waals surface area contributed by atoms with Gasteiger partial charge in [-0.1, -0.05) is 0 Å². The van der Waals surface area contributed by atoms with Crippen molar-refractivity contribution in [2.45, 2.75) is 0 Å². The Morgan fingerprint density at radius 1 is 1.30 bits per heavy atom. The fourth-order valence-electron chi connectivity index (χ4n) is 0.550. The van der Waals surface area contributed by atoms with Crippen molar-refractivity contribution in [3.05, 3.63) is 18.3 Å². The van der Waals surface area contributed by atoms with Crippen molar-refractivity contribution in [3.8, 4) is 5.75 Å². The largest absolute Gasteiger partial charge is 0.508 e. The molecule has 0 amide bonds. The summed E-state index contributed by atoms with van der Waals surface area (Å²) in [6.07, 6.45) is 1.15. The van der Waals surface area contributed by atoms with Gasteiger partial charge in [-0.3, -0.25) is 4.98 Å². The van der Waals surface area contributed by atoms with Gasteiger partial charge in [0.1, 0.15) is 5.75 Å². The quantitative estimate of drug-likeness (QED) is 0.412. The molecule has 0 saturated carbocycles. The molecule has 0 radical (unpaired) electrons. The summed E-state index contributed by atoms with van der Waals surface area (Å²) in [5.74, 6) is 0.00407. The third-order valence-corrected chi connectivity index (χ3v) is 1.04. The van der Waals surface area contributed by atoms with Gasteiger partial charge in [0.15, 0.2) is 0 Å². The van der Waals surface area contributed by atoms with Crippen molar-refractivity contribution in [1.82, 2.24) is 4.98 Å². The number of pyridine rings is 1. The normalized spacial score (nSPS) is 9.40. The first-order valence-electron chi connectivity index (χ1n) is 2.71. The van der Waals surface area contributed by atoms with Gasteiger partial charge in [0, 0.05) is 0 Å². The van der Waals surface area contributed by atoms with Crippen LogP contribution in [0.25, 0.3) is 0 Å². The molecule has 1 rings (SSSR count). The molecule has 10 heavy (non-hydrogen) atoms. The van der Waals surface area contributed by atoms with Crippen LogP contribution in [0.1, 0.15) is 0 Å². The van der Waals surface area contributed by atoms with E-state index in [4.69, 9.17) is 15.2 Å². The highest BCUT2D eigenvalue weighted by Crippen LogP contribution is 1.99. The molecule has 3 N–H and O–H groups in total. The maximum absolute atomic E-state index is 8.71. The van der Waals surface area contributed by atoms with Crippen LogP contribution in [-0.4, -0.2) is 27.3 Å². The maximum Gasteiger partial charge on any atom is 0.508 e. The van der Waals surface area contributed by atoms with Crippen molar-refractivity contribution in [1.29, 1.82) is 0 Å². The van der Waals surface area contributed by atoms with Crippen molar-refractivity contribution in [2.75, 3.05) is 0 Å². The minimum Gasteiger partial charge on any atom is -0.506 e. The molecule has 0 fully saturated rings. The Kier molecular flexibility index (Phi) is 1.89. The zero-order valence-electron chi connectivity index (χ0n) is 5.10. The van der Waals surface area contributed by atoms with Crippen LogP contribution in [0.5, 0.6) is 5.75 Å². The molecule has 0 aromatic carbocycles. The van der Waals surface area contributed by atoms with Crippen LogP contribution in [0.4, 0.5) is 0 Å². The van der Waals surface area contributed by atoms with E-state index in [1.807, 2.05) is 0 Å². The Morgan fingerprint density at radius 2 is 2.00 bits per heavy atom. The van der Waals surface area contributed by atoms with E-state index >= 15 is 0 Å². The van der Waals surface area contributed by atoms with Crippen LogP contribution in [0.2, 0.25) is 0 Å². The molecule has 0 unspecified atom stereocenters. The van der Waals surface area contributed by atoms with Crippen molar-refractivity contribution >= 4 is 12.7 Å². The van der Waals surface area contributed by atoms with Crippen LogP contribution in [-0.2, 0) is 0 Å². The van der Waals surface area contributed by atoms with Crippen molar-refractivity contribution in [2.24, 2.45) is 0 Å². The molecular formula is C5H6BNO3. The molecule has 52 valence electrons. The smallest absolute Gasteiger partial charge is 0.506 e. The standard InChI is InChI=1S/C5H6BNO3/c8-4-1-2-5(6(9)10)7-3-4/h1-3,8-10H. The Bertz CT molecular complexity index is 211. The minimum absolute atomic E-state index is 0.00407. The lowest BCUT2D eigenvalue weighted by Crippen LogP contribution is -2.32. The lowest BCUT2D eigenvalue weighted by Gasteiger charge is -1.95. The second kappa shape index (κ2) is 2.68. The predicted octanol–water partition coefficient (Wildman–Crippen LogP) is -1.53. The molecule has 0 spiro atoms.